The van der Waals surface area contributed by atoms with E-state index in [0.717, 1.165) is 6.54 Å². The van der Waals surface area contributed by atoms with Gasteiger partial charge in [0.05, 0.1) is 11.1 Å². The van der Waals surface area contributed by atoms with Crippen molar-refractivity contribution in [2.45, 2.75) is 19.9 Å². The van der Waals surface area contributed by atoms with Crippen molar-refractivity contribution in [2.75, 3.05) is 6.54 Å². The Hall–Kier alpha value is -0.570. The summed E-state index contributed by atoms with van der Waals surface area (Å²) in [7, 11) is 0. The Morgan fingerprint density at radius 3 is 2.60 bits per heavy atom. The number of rotatable bonds is 4. The fraction of sp³-hybridized carbons (Fsp3) is 0.364. The maximum absolute atomic E-state index is 11.8. The summed E-state index contributed by atoms with van der Waals surface area (Å²) in [6.07, 6.45) is 0. The van der Waals surface area contributed by atoms with E-state index in [0.29, 0.717) is 10.6 Å². The van der Waals surface area contributed by atoms with E-state index in [4.69, 9.17) is 11.6 Å². The van der Waals surface area contributed by atoms with Crippen molar-refractivity contribution >= 4 is 29.8 Å². The van der Waals surface area contributed by atoms with Gasteiger partial charge in [0.15, 0.2) is 5.78 Å². The third-order valence-electron chi connectivity index (χ3n) is 2.04. The summed E-state index contributed by atoms with van der Waals surface area (Å²) >= 11 is 5.91. The number of hydrogen-bond donors (Lipinski definition) is 1. The number of carbonyl (C=O) groups excluding carboxylic acids is 1. The number of Topliss-reactive ketones (excluding diaryl/α,β-unsaturated/α-hetero) is 1. The van der Waals surface area contributed by atoms with E-state index in [9.17, 15) is 4.79 Å². The van der Waals surface area contributed by atoms with Crippen LogP contribution in [0.4, 0.5) is 0 Å². The number of hydrogen-bond acceptors (Lipinski definition) is 2. The van der Waals surface area contributed by atoms with Crippen LogP contribution in [-0.4, -0.2) is 18.4 Å². The van der Waals surface area contributed by atoms with E-state index in [2.05, 4.69) is 5.32 Å². The molecule has 1 atom stereocenters. The molecule has 1 N–H and O–H groups in total. The first kappa shape index (κ1) is 14.4. The van der Waals surface area contributed by atoms with Gasteiger partial charge in [-0.15, -0.1) is 12.4 Å². The van der Waals surface area contributed by atoms with Crippen molar-refractivity contribution < 1.29 is 4.79 Å². The lowest BCUT2D eigenvalue weighted by atomic mass is 10.1. The number of ketones is 1. The minimum atomic E-state index is -0.181. The van der Waals surface area contributed by atoms with Crippen molar-refractivity contribution in [3.8, 4) is 0 Å². The molecule has 0 aromatic heterocycles. The van der Waals surface area contributed by atoms with Gasteiger partial charge in [0, 0.05) is 5.56 Å². The summed E-state index contributed by atoms with van der Waals surface area (Å²) in [6, 6.07) is 6.93. The maximum Gasteiger partial charge on any atom is 0.180 e. The summed E-state index contributed by atoms with van der Waals surface area (Å²) in [5.41, 5.74) is 0.586. The van der Waals surface area contributed by atoms with Gasteiger partial charge in [-0.3, -0.25) is 4.79 Å². The monoisotopic (exact) mass is 247 g/mol. The van der Waals surface area contributed by atoms with Gasteiger partial charge in [-0.25, -0.2) is 0 Å². The Bertz CT molecular complexity index is 328. The van der Waals surface area contributed by atoms with Crippen molar-refractivity contribution in [1.29, 1.82) is 0 Å². The average Bonchev–Trinajstić information content (AvgIpc) is 2.18. The van der Waals surface area contributed by atoms with Gasteiger partial charge >= 0.3 is 0 Å². The highest BCUT2D eigenvalue weighted by molar-refractivity contribution is 6.34. The number of likely N-dealkylation sites (N-methyl/N-ethyl adjacent to an activating group) is 1. The number of halogens is 2. The van der Waals surface area contributed by atoms with Crippen LogP contribution in [0.2, 0.25) is 5.02 Å². The molecule has 1 aromatic rings. The molecule has 4 heteroatoms. The van der Waals surface area contributed by atoms with Gasteiger partial charge < -0.3 is 5.32 Å². The van der Waals surface area contributed by atoms with E-state index >= 15 is 0 Å². The molecule has 0 heterocycles. The molecule has 1 rings (SSSR count). The smallest absolute Gasteiger partial charge is 0.180 e. The molecule has 2 nitrogen and oxygen atoms in total. The molecule has 0 amide bonds. The van der Waals surface area contributed by atoms with Crippen LogP contribution < -0.4 is 5.32 Å². The molecule has 0 bridgehead atoms. The van der Waals surface area contributed by atoms with Crippen LogP contribution in [0.15, 0.2) is 24.3 Å². The molecule has 1 aromatic carbocycles. The summed E-state index contributed by atoms with van der Waals surface area (Å²) in [5.74, 6) is 0.0393. The zero-order valence-electron chi connectivity index (χ0n) is 8.79. The lowest BCUT2D eigenvalue weighted by molar-refractivity contribution is 0.0952. The van der Waals surface area contributed by atoms with Crippen LogP contribution in [0.25, 0.3) is 0 Å². The zero-order valence-corrected chi connectivity index (χ0v) is 10.4. The Kier molecular flexibility index (Phi) is 6.57. The minimum absolute atomic E-state index is 0. The number of carbonyl (C=O) groups is 1. The van der Waals surface area contributed by atoms with Gasteiger partial charge in [-0.2, -0.15) is 0 Å². The first-order chi connectivity index (χ1) is 6.66. The van der Waals surface area contributed by atoms with Crippen LogP contribution >= 0.6 is 24.0 Å². The third-order valence-corrected chi connectivity index (χ3v) is 2.37. The van der Waals surface area contributed by atoms with Gasteiger partial charge in [-0.1, -0.05) is 30.7 Å². The molecule has 0 saturated carbocycles. The average molecular weight is 248 g/mol. The molecule has 0 fully saturated rings. The number of benzene rings is 1. The van der Waals surface area contributed by atoms with Crippen molar-refractivity contribution in [3.63, 3.8) is 0 Å². The Morgan fingerprint density at radius 2 is 2.07 bits per heavy atom. The maximum atomic E-state index is 11.8. The fourth-order valence-electron chi connectivity index (χ4n) is 1.29. The Labute approximate surface area is 101 Å². The first-order valence-corrected chi connectivity index (χ1v) is 5.06. The second kappa shape index (κ2) is 6.83. The van der Waals surface area contributed by atoms with Gasteiger partial charge in [0.25, 0.3) is 0 Å². The lowest BCUT2D eigenvalue weighted by Crippen LogP contribution is -2.33. The lowest BCUT2D eigenvalue weighted by Gasteiger charge is -2.11. The normalized spacial score (nSPS) is 11.7. The second-order valence-corrected chi connectivity index (χ2v) is 3.53. The third kappa shape index (κ3) is 3.82. The van der Waals surface area contributed by atoms with E-state index in [1.54, 1.807) is 12.1 Å². The first-order valence-electron chi connectivity index (χ1n) is 4.69. The molecular formula is C11H15Cl2NO. The largest absolute Gasteiger partial charge is 0.308 e. The van der Waals surface area contributed by atoms with E-state index < -0.39 is 0 Å². The van der Waals surface area contributed by atoms with Gasteiger partial charge in [0.2, 0.25) is 0 Å². The summed E-state index contributed by atoms with van der Waals surface area (Å²) in [5, 5.41) is 3.58. The minimum Gasteiger partial charge on any atom is -0.308 e. The molecule has 0 aliphatic rings. The highest BCUT2D eigenvalue weighted by Crippen LogP contribution is 2.16. The Morgan fingerprint density at radius 1 is 1.47 bits per heavy atom. The zero-order chi connectivity index (χ0) is 10.6. The van der Waals surface area contributed by atoms with E-state index in [1.807, 2.05) is 26.0 Å². The molecule has 84 valence electrons. The van der Waals surface area contributed by atoms with Crippen LogP contribution in [0.3, 0.4) is 0 Å². The molecule has 0 radical (unpaired) electrons. The predicted molar refractivity (Wildman–Crippen MR) is 66.2 cm³/mol. The standard InChI is InChI=1S/C11H14ClNO.ClH/c1-3-13-8(2)11(14)9-6-4-5-7-10(9)12;/h4-8,13H,3H2,1-2H3;1H. The van der Waals surface area contributed by atoms with E-state index in [-0.39, 0.29) is 24.2 Å². The Balaban J connectivity index is 0.00000196. The highest BCUT2D eigenvalue weighted by Gasteiger charge is 2.15. The van der Waals surface area contributed by atoms with E-state index in [1.165, 1.54) is 0 Å². The highest BCUT2D eigenvalue weighted by atomic mass is 35.5. The predicted octanol–water partition coefficient (Wildman–Crippen LogP) is 2.94. The molecular weight excluding hydrogens is 233 g/mol. The molecule has 1 unspecified atom stereocenters. The second-order valence-electron chi connectivity index (χ2n) is 3.12. The van der Waals surface area contributed by atoms with Crippen LogP contribution in [0, 0.1) is 0 Å². The van der Waals surface area contributed by atoms with Crippen LogP contribution in [0.1, 0.15) is 24.2 Å². The molecule has 0 aliphatic heterocycles. The van der Waals surface area contributed by atoms with Gasteiger partial charge in [-0.05, 0) is 25.6 Å². The van der Waals surface area contributed by atoms with Gasteiger partial charge in [0.1, 0.15) is 0 Å². The van der Waals surface area contributed by atoms with Crippen LogP contribution in [0.5, 0.6) is 0 Å². The molecule has 0 aliphatic carbocycles. The molecule has 0 spiro atoms. The summed E-state index contributed by atoms with van der Waals surface area (Å²) in [4.78, 5) is 11.8. The molecule has 0 saturated heterocycles. The quantitative estimate of drug-likeness (QED) is 0.830. The topological polar surface area (TPSA) is 29.1 Å². The summed E-state index contributed by atoms with van der Waals surface area (Å²) < 4.78 is 0. The SMILES string of the molecule is CCNC(C)C(=O)c1ccccc1Cl.Cl. The van der Waals surface area contributed by atoms with Crippen LogP contribution in [-0.2, 0) is 0 Å². The fourth-order valence-corrected chi connectivity index (χ4v) is 1.52. The van der Waals surface area contributed by atoms with Crippen molar-refractivity contribution in [3.05, 3.63) is 34.9 Å². The molecule has 15 heavy (non-hydrogen) atoms. The van der Waals surface area contributed by atoms with Crippen molar-refractivity contribution in [2.24, 2.45) is 0 Å². The van der Waals surface area contributed by atoms with Crippen molar-refractivity contribution in [1.82, 2.24) is 5.32 Å². The number of nitrogens with one attached hydrogen (secondary N) is 1. The summed E-state index contributed by atoms with van der Waals surface area (Å²) in [6.45, 7) is 4.59.